The standard InChI is InChI=1S/C18H27ClN2O/c1-13(11-22)15-5-14(6-16(19)7-15)8-18(2,3)9-17-10-21(4)12-20-17/h5-7,10,13,20,22H,8-9,11-12H2,1-4H3. The number of aliphatic hydroxyl groups excluding tert-OH is 1. The molecule has 1 heterocycles. The zero-order chi connectivity index (χ0) is 16.3. The lowest BCUT2D eigenvalue weighted by Gasteiger charge is -2.26. The van der Waals surface area contributed by atoms with E-state index < -0.39 is 0 Å². The molecule has 0 saturated carbocycles. The molecule has 1 aliphatic heterocycles. The summed E-state index contributed by atoms with van der Waals surface area (Å²) in [5, 5.41) is 13.5. The molecule has 1 aromatic rings. The highest BCUT2D eigenvalue weighted by molar-refractivity contribution is 6.30. The molecule has 0 spiro atoms. The van der Waals surface area contributed by atoms with Crippen LogP contribution < -0.4 is 5.32 Å². The van der Waals surface area contributed by atoms with Gasteiger partial charge in [-0.3, -0.25) is 0 Å². The van der Waals surface area contributed by atoms with Gasteiger partial charge in [0.2, 0.25) is 0 Å². The highest BCUT2D eigenvalue weighted by Crippen LogP contribution is 2.32. The molecule has 1 aliphatic rings. The number of hydrogen-bond donors (Lipinski definition) is 2. The van der Waals surface area contributed by atoms with Crippen molar-refractivity contribution in [3.63, 3.8) is 0 Å². The van der Waals surface area contributed by atoms with Gasteiger partial charge in [-0.1, -0.05) is 38.4 Å². The predicted molar refractivity (Wildman–Crippen MR) is 92.9 cm³/mol. The minimum Gasteiger partial charge on any atom is -0.396 e. The van der Waals surface area contributed by atoms with Crippen molar-refractivity contribution in [1.82, 2.24) is 10.2 Å². The molecule has 122 valence electrons. The summed E-state index contributed by atoms with van der Waals surface area (Å²) in [6.07, 6.45) is 4.15. The SMILES string of the molecule is CC(CO)c1cc(Cl)cc(CC(C)(C)CC2=CN(C)CN2)c1. The Kier molecular flexibility index (Phi) is 5.41. The smallest absolute Gasteiger partial charge is 0.0866 e. The molecule has 2 rings (SSSR count). The van der Waals surface area contributed by atoms with Crippen LogP contribution >= 0.6 is 11.6 Å². The molecule has 22 heavy (non-hydrogen) atoms. The maximum absolute atomic E-state index is 9.35. The Morgan fingerprint density at radius 1 is 1.32 bits per heavy atom. The van der Waals surface area contributed by atoms with Gasteiger partial charge >= 0.3 is 0 Å². The summed E-state index contributed by atoms with van der Waals surface area (Å²) in [5.74, 6) is 0.119. The predicted octanol–water partition coefficient (Wildman–Crippen LogP) is 3.73. The van der Waals surface area contributed by atoms with Gasteiger partial charge in [0, 0.05) is 36.5 Å². The van der Waals surface area contributed by atoms with Gasteiger partial charge in [-0.2, -0.15) is 0 Å². The summed E-state index contributed by atoms with van der Waals surface area (Å²) in [6, 6.07) is 6.17. The molecular weight excluding hydrogens is 296 g/mol. The molecule has 0 saturated heterocycles. The van der Waals surface area contributed by atoms with E-state index in [1.54, 1.807) is 0 Å². The minimum atomic E-state index is 0.119. The molecule has 4 heteroatoms. The lowest BCUT2D eigenvalue weighted by Crippen LogP contribution is -2.22. The van der Waals surface area contributed by atoms with Crippen molar-refractivity contribution in [1.29, 1.82) is 0 Å². The van der Waals surface area contributed by atoms with Gasteiger partial charge in [0.1, 0.15) is 0 Å². The van der Waals surface area contributed by atoms with E-state index in [1.807, 2.05) is 19.1 Å². The second kappa shape index (κ2) is 6.93. The van der Waals surface area contributed by atoms with E-state index in [1.165, 1.54) is 11.3 Å². The number of hydrogen-bond acceptors (Lipinski definition) is 3. The second-order valence-electron chi connectivity index (χ2n) is 7.24. The summed E-state index contributed by atoms with van der Waals surface area (Å²) in [5.41, 5.74) is 3.78. The van der Waals surface area contributed by atoms with Crippen LogP contribution in [0.4, 0.5) is 0 Å². The zero-order valence-electron chi connectivity index (χ0n) is 14.0. The Morgan fingerprint density at radius 2 is 2.05 bits per heavy atom. The Labute approximate surface area is 139 Å². The van der Waals surface area contributed by atoms with E-state index in [0.717, 1.165) is 30.1 Å². The lowest BCUT2D eigenvalue weighted by molar-refractivity contribution is 0.273. The zero-order valence-corrected chi connectivity index (χ0v) is 14.7. The summed E-state index contributed by atoms with van der Waals surface area (Å²) in [7, 11) is 2.08. The van der Waals surface area contributed by atoms with Gasteiger partial charge in [-0.15, -0.1) is 0 Å². The largest absolute Gasteiger partial charge is 0.396 e. The number of aliphatic hydroxyl groups is 1. The van der Waals surface area contributed by atoms with Gasteiger partial charge in [0.25, 0.3) is 0 Å². The molecule has 3 nitrogen and oxygen atoms in total. The number of rotatable bonds is 6. The normalized spacial score (nSPS) is 16.5. The van der Waals surface area contributed by atoms with Crippen LogP contribution in [0.1, 0.15) is 44.2 Å². The monoisotopic (exact) mass is 322 g/mol. The van der Waals surface area contributed by atoms with Crippen molar-refractivity contribution in [2.75, 3.05) is 20.3 Å². The number of halogens is 1. The van der Waals surface area contributed by atoms with Crippen molar-refractivity contribution in [2.24, 2.45) is 5.41 Å². The average Bonchev–Trinajstić information content (AvgIpc) is 2.80. The number of nitrogens with zero attached hydrogens (tertiary/aromatic N) is 1. The van der Waals surface area contributed by atoms with Crippen molar-refractivity contribution in [3.8, 4) is 0 Å². The van der Waals surface area contributed by atoms with E-state index in [-0.39, 0.29) is 17.9 Å². The highest BCUT2D eigenvalue weighted by atomic mass is 35.5. The van der Waals surface area contributed by atoms with Crippen LogP contribution in [-0.2, 0) is 6.42 Å². The van der Waals surface area contributed by atoms with Crippen LogP contribution in [0.15, 0.2) is 30.1 Å². The number of allylic oxidation sites excluding steroid dienone is 1. The fourth-order valence-electron chi connectivity index (χ4n) is 2.99. The van der Waals surface area contributed by atoms with Gasteiger partial charge in [-0.25, -0.2) is 0 Å². The Morgan fingerprint density at radius 3 is 2.64 bits per heavy atom. The first-order valence-corrected chi connectivity index (χ1v) is 8.22. The van der Waals surface area contributed by atoms with E-state index in [9.17, 15) is 5.11 Å². The van der Waals surface area contributed by atoms with Crippen LogP contribution in [0.25, 0.3) is 0 Å². The molecule has 1 atom stereocenters. The lowest BCUT2D eigenvalue weighted by atomic mass is 9.81. The third kappa shape index (κ3) is 4.65. The summed E-state index contributed by atoms with van der Waals surface area (Å²) < 4.78 is 0. The van der Waals surface area contributed by atoms with Gasteiger partial charge < -0.3 is 15.3 Å². The second-order valence-corrected chi connectivity index (χ2v) is 7.68. The maximum Gasteiger partial charge on any atom is 0.0866 e. The average molecular weight is 323 g/mol. The Balaban J connectivity index is 2.11. The number of benzene rings is 1. The minimum absolute atomic E-state index is 0.119. The van der Waals surface area contributed by atoms with Crippen LogP contribution in [0, 0.1) is 5.41 Å². The molecule has 0 fully saturated rings. The van der Waals surface area contributed by atoms with E-state index >= 15 is 0 Å². The third-order valence-corrected chi connectivity index (χ3v) is 4.32. The van der Waals surface area contributed by atoms with Crippen LogP contribution in [0.2, 0.25) is 5.02 Å². The highest BCUT2D eigenvalue weighted by Gasteiger charge is 2.23. The number of nitrogens with one attached hydrogen (secondary N) is 1. The molecule has 1 aromatic carbocycles. The molecule has 0 bridgehead atoms. The van der Waals surface area contributed by atoms with Crippen molar-refractivity contribution < 1.29 is 5.11 Å². The van der Waals surface area contributed by atoms with Crippen LogP contribution in [0.3, 0.4) is 0 Å². The Hall–Kier alpha value is -1.19. The third-order valence-electron chi connectivity index (χ3n) is 4.11. The van der Waals surface area contributed by atoms with Gasteiger partial charge in [0.05, 0.1) is 6.67 Å². The Bertz CT molecular complexity index is 554. The van der Waals surface area contributed by atoms with E-state index in [0.29, 0.717) is 0 Å². The molecular formula is C18H27ClN2O. The molecule has 0 radical (unpaired) electrons. The molecule has 0 amide bonds. The van der Waals surface area contributed by atoms with Crippen molar-refractivity contribution in [3.05, 3.63) is 46.2 Å². The fraction of sp³-hybridized carbons (Fsp3) is 0.556. The van der Waals surface area contributed by atoms with Crippen LogP contribution in [0.5, 0.6) is 0 Å². The summed E-state index contributed by atoms with van der Waals surface area (Å²) >= 11 is 6.26. The van der Waals surface area contributed by atoms with E-state index in [2.05, 4.69) is 43.4 Å². The van der Waals surface area contributed by atoms with Gasteiger partial charge in [0.15, 0.2) is 0 Å². The summed E-state index contributed by atoms with van der Waals surface area (Å²) in [6.45, 7) is 7.62. The maximum atomic E-state index is 9.35. The van der Waals surface area contributed by atoms with Crippen LogP contribution in [-0.4, -0.2) is 30.3 Å². The van der Waals surface area contributed by atoms with Gasteiger partial charge in [-0.05, 0) is 41.5 Å². The quantitative estimate of drug-likeness (QED) is 0.837. The molecule has 2 N–H and O–H groups in total. The first-order chi connectivity index (χ1) is 10.3. The first-order valence-electron chi connectivity index (χ1n) is 7.84. The van der Waals surface area contributed by atoms with E-state index in [4.69, 9.17) is 11.6 Å². The molecule has 0 aliphatic carbocycles. The van der Waals surface area contributed by atoms with Crippen molar-refractivity contribution in [2.45, 2.75) is 39.5 Å². The molecule has 1 unspecified atom stereocenters. The fourth-order valence-corrected chi connectivity index (χ4v) is 3.26. The summed E-state index contributed by atoms with van der Waals surface area (Å²) in [4.78, 5) is 2.16. The first kappa shape index (κ1) is 17.2. The van der Waals surface area contributed by atoms with Crippen molar-refractivity contribution >= 4 is 11.6 Å². The molecule has 0 aromatic heterocycles. The topological polar surface area (TPSA) is 35.5 Å².